The Balaban J connectivity index is 1.82. The fourth-order valence-corrected chi connectivity index (χ4v) is 3.12. The zero-order valence-electron chi connectivity index (χ0n) is 16.6. The zero-order chi connectivity index (χ0) is 19.8. The van der Waals surface area contributed by atoms with Crippen LogP contribution in [0.2, 0.25) is 0 Å². The first-order valence-corrected chi connectivity index (χ1v) is 9.16. The summed E-state index contributed by atoms with van der Waals surface area (Å²) in [5, 5.41) is 0. The summed E-state index contributed by atoms with van der Waals surface area (Å²) in [6.07, 6.45) is 3.66. The highest BCUT2D eigenvalue weighted by atomic mass is 16.5. The minimum Gasteiger partial charge on any atom is -0.497 e. The second kappa shape index (κ2) is 9.76. The van der Waals surface area contributed by atoms with Crippen LogP contribution in [0.4, 0.5) is 0 Å². The topological polar surface area (TPSA) is 43.8 Å². The van der Waals surface area contributed by atoms with Crippen LogP contribution in [-0.4, -0.2) is 31.2 Å². The minimum atomic E-state index is 0.766. The molecular formula is C23H26N2O3. The highest BCUT2D eigenvalue weighted by molar-refractivity contribution is 5.38. The predicted molar refractivity (Wildman–Crippen MR) is 110 cm³/mol. The second-order valence-corrected chi connectivity index (χ2v) is 6.57. The lowest BCUT2D eigenvalue weighted by Gasteiger charge is -2.23. The van der Waals surface area contributed by atoms with Gasteiger partial charge in [0.25, 0.3) is 0 Å². The van der Waals surface area contributed by atoms with Crippen LogP contribution in [0.3, 0.4) is 0 Å². The van der Waals surface area contributed by atoms with Gasteiger partial charge in [0, 0.05) is 38.1 Å². The molecule has 0 fully saturated rings. The van der Waals surface area contributed by atoms with Crippen molar-refractivity contribution in [1.82, 2.24) is 9.88 Å². The third-order valence-electron chi connectivity index (χ3n) is 4.54. The van der Waals surface area contributed by atoms with E-state index < -0.39 is 0 Å². The number of hydrogen-bond acceptors (Lipinski definition) is 5. The molecule has 0 N–H and O–H groups in total. The van der Waals surface area contributed by atoms with Gasteiger partial charge in [-0.05, 0) is 53.1 Å². The van der Waals surface area contributed by atoms with Crippen LogP contribution < -0.4 is 14.2 Å². The summed E-state index contributed by atoms with van der Waals surface area (Å²) in [4.78, 5) is 6.50. The van der Waals surface area contributed by atoms with E-state index in [1.165, 1.54) is 11.1 Å². The molecule has 0 radical (unpaired) electrons. The van der Waals surface area contributed by atoms with Crippen LogP contribution in [0.15, 0.2) is 67.0 Å². The van der Waals surface area contributed by atoms with Crippen molar-refractivity contribution in [3.63, 3.8) is 0 Å². The molecule has 0 atom stereocenters. The smallest absolute Gasteiger partial charge is 0.122 e. The van der Waals surface area contributed by atoms with Crippen LogP contribution in [0.1, 0.15) is 16.7 Å². The van der Waals surface area contributed by atoms with Crippen LogP contribution in [-0.2, 0) is 19.6 Å². The first-order valence-electron chi connectivity index (χ1n) is 9.16. The Bertz CT molecular complexity index is 845. The lowest BCUT2D eigenvalue weighted by Crippen LogP contribution is -2.22. The van der Waals surface area contributed by atoms with Gasteiger partial charge in [0.2, 0.25) is 0 Å². The maximum absolute atomic E-state index is 5.42. The molecule has 0 aliphatic heterocycles. The maximum Gasteiger partial charge on any atom is 0.122 e. The van der Waals surface area contributed by atoms with Gasteiger partial charge < -0.3 is 14.2 Å². The molecule has 5 nitrogen and oxygen atoms in total. The zero-order valence-corrected chi connectivity index (χ0v) is 16.6. The van der Waals surface area contributed by atoms with E-state index in [2.05, 4.69) is 34.1 Å². The average Bonchev–Trinajstić information content (AvgIpc) is 2.74. The summed E-state index contributed by atoms with van der Waals surface area (Å²) < 4.78 is 16.1. The van der Waals surface area contributed by atoms with E-state index in [-0.39, 0.29) is 0 Å². The van der Waals surface area contributed by atoms with Gasteiger partial charge in [-0.15, -0.1) is 0 Å². The second-order valence-electron chi connectivity index (χ2n) is 6.57. The van der Waals surface area contributed by atoms with Crippen molar-refractivity contribution >= 4 is 0 Å². The van der Waals surface area contributed by atoms with E-state index in [0.717, 1.165) is 42.4 Å². The van der Waals surface area contributed by atoms with Gasteiger partial charge in [-0.2, -0.15) is 0 Å². The van der Waals surface area contributed by atoms with Crippen molar-refractivity contribution in [2.24, 2.45) is 0 Å². The molecule has 28 heavy (non-hydrogen) atoms. The molecular weight excluding hydrogens is 352 g/mol. The summed E-state index contributed by atoms with van der Waals surface area (Å²) >= 11 is 0. The van der Waals surface area contributed by atoms with Gasteiger partial charge in [0.15, 0.2) is 0 Å². The molecule has 0 aliphatic rings. The Morgan fingerprint density at radius 2 is 1.11 bits per heavy atom. The van der Waals surface area contributed by atoms with E-state index in [1.54, 1.807) is 21.3 Å². The van der Waals surface area contributed by atoms with E-state index in [1.807, 2.05) is 42.7 Å². The summed E-state index contributed by atoms with van der Waals surface area (Å²) in [7, 11) is 5.02. The maximum atomic E-state index is 5.42. The van der Waals surface area contributed by atoms with Gasteiger partial charge in [-0.25, -0.2) is 0 Å². The largest absolute Gasteiger partial charge is 0.497 e. The SMILES string of the molecule is COc1ccc(CN(Cc2ccncc2)Cc2cc(OC)cc(OC)c2)cc1. The number of hydrogen-bond donors (Lipinski definition) is 0. The third-order valence-corrected chi connectivity index (χ3v) is 4.54. The van der Waals surface area contributed by atoms with Crippen molar-refractivity contribution in [2.45, 2.75) is 19.6 Å². The molecule has 0 spiro atoms. The number of aromatic nitrogens is 1. The van der Waals surface area contributed by atoms with E-state index in [9.17, 15) is 0 Å². The van der Waals surface area contributed by atoms with Gasteiger partial charge in [-0.1, -0.05) is 12.1 Å². The number of rotatable bonds is 9. The number of nitrogens with zero attached hydrogens (tertiary/aromatic N) is 2. The summed E-state index contributed by atoms with van der Waals surface area (Å²) in [5.74, 6) is 2.45. The van der Waals surface area contributed by atoms with E-state index in [0.29, 0.717) is 0 Å². The van der Waals surface area contributed by atoms with E-state index >= 15 is 0 Å². The molecule has 0 saturated heterocycles. The Labute approximate surface area is 166 Å². The molecule has 1 heterocycles. The molecule has 0 unspecified atom stereocenters. The normalized spacial score (nSPS) is 10.7. The first kappa shape index (κ1) is 19.7. The van der Waals surface area contributed by atoms with Crippen molar-refractivity contribution in [1.29, 1.82) is 0 Å². The fourth-order valence-electron chi connectivity index (χ4n) is 3.12. The third kappa shape index (κ3) is 5.47. The van der Waals surface area contributed by atoms with Gasteiger partial charge in [-0.3, -0.25) is 9.88 Å². The van der Waals surface area contributed by atoms with Gasteiger partial charge in [0.1, 0.15) is 17.2 Å². The van der Waals surface area contributed by atoms with Crippen molar-refractivity contribution in [3.8, 4) is 17.2 Å². The Morgan fingerprint density at radius 3 is 1.64 bits per heavy atom. The summed E-state index contributed by atoms with van der Waals surface area (Å²) in [5.41, 5.74) is 3.59. The minimum absolute atomic E-state index is 0.766. The molecule has 0 aliphatic carbocycles. The van der Waals surface area contributed by atoms with Gasteiger partial charge >= 0.3 is 0 Å². The van der Waals surface area contributed by atoms with Crippen LogP contribution in [0, 0.1) is 0 Å². The molecule has 0 amide bonds. The summed E-state index contributed by atoms with van der Waals surface area (Å²) in [6, 6.07) is 18.3. The molecule has 3 aromatic rings. The number of ether oxygens (including phenoxy) is 3. The molecule has 3 rings (SSSR count). The Hall–Kier alpha value is -3.05. The lowest BCUT2D eigenvalue weighted by molar-refractivity contribution is 0.246. The molecule has 146 valence electrons. The monoisotopic (exact) mass is 378 g/mol. The Kier molecular flexibility index (Phi) is 6.87. The Morgan fingerprint density at radius 1 is 0.607 bits per heavy atom. The first-order chi connectivity index (χ1) is 13.7. The summed E-state index contributed by atoms with van der Waals surface area (Å²) in [6.45, 7) is 2.39. The van der Waals surface area contributed by atoms with Gasteiger partial charge in [0.05, 0.1) is 21.3 Å². The van der Waals surface area contributed by atoms with E-state index in [4.69, 9.17) is 14.2 Å². The van der Waals surface area contributed by atoms with Crippen molar-refractivity contribution < 1.29 is 14.2 Å². The highest BCUT2D eigenvalue weighted by Gasteiger charge is 2.11. The van der Waals surface area contributed by atoms with Crippen molar-refractivity contribution in [3.05, 3.63) is 83.7 Å². The van der Waals surface area contributed by atoms with Crippen LogP contribution >= 0.6 is 0 Å². The lowest BCUT2D eigenvalue weighted by atomic mass is 10.1. The molecule has 1 aromatic heterocycles. The predicted octanol–water partition coefficient (Wildman–Crippen LogP) is 4.31. The van der Waals surface area contributed by atoms with Crippen LogP contribution in [0.25, 0.3) is 0 Å². The quantitative estimate of drug-likeness (QED) is 0.555. The molecule has 0 saturated carbocycles. The standard InChI is InChI=1S/C23H26N2O3/c1-26-21-6-4-18(5-7-21)15-25(16-19-8-10-24-11-9-19)17-20-12-22(27-2)14-23(13-20)28-3/h4-14H,15-17H2,1-3H3. The number of pyridine rings is 1. The van der Waals surface area contributed by atoms with Crippen molar-refractivity contribution in [2.75, 3.05) is 21.3 Å². The highest BCUT2D eigenvalue weighted by Crippen LogP contribution is 2.25. The molecule has 2 aromatic carbocycles. The number of methoxy groups -OCH3 is 3. The molecule has 5 heteroatoms. The number of benzene rings is 2. The fraction of sp³-hybridized carbons (Fsp3) is 0.261. The average molecular weight is 378 g/mol. The molecule has 0 bridgehead atoms. The van der Waals surface area contributed by atoms with Crippen LogP contribution in [0.5, 0.6) is 17.2 Å².